The Balaban J connectivity index is 2.37. The van der Waals surface area contributed by atoms with E-state index in [0.717, 1.165) is 27.2 Å². The minimum Gasteiger partial charge on any atom is -0.497 e. The number of hydrogen-bond acceptors (Lipinski definition) is 4. The topological polar surface area (TPSA) is 61.3 Å². The largest absolute Gasteiger partial charge is 0.497 e. The fourth-order valence-electron chi connectivity index (χ4n) is 1.53. The molecule has 0 saturated heterocycles. The predicted molar refractivity (Wildman–Crippen MR) is 68.9 cm³/mol. The number of hydrogen-bond donors (Lipinski definition) is 1. The van der Waals surface area contributed by atoms with Gasteiger partial charge >= 0.3 is 0 Å². The lowest BCUT2D eigenvalue weighted by Gasteiger charge is -2.03. The van der Waals surface area contributed by atoms with E-state index in [1.165, 1.54) is 0 Å². The quantitative estimate of drug-likeness (QED) is 0.942. The van der Waals surface area contributed by atoms with Gasteiger partial charge in [0.15, 0.2) is 0 Å². The molecule has 4 nitrogen and oxygen atoms in total. The first-order valence-electron chi connectivity index (χ1n) is 5.24. The van der Waals surface area contributed by atoms with Crippen molar-refractivity contribution in [3.05, 3.63) is 34.5 Å². The van der Waals surface area contributed by atoms with E-state index in [1.807, 2.05) is 24.3 Å². The Bertz CT molecular complexity index is 511. The zero-order valence-electron chi connectivity index (χ0n) is 9.44. The van der Waals surface area contributed by atoms with Crippen LogP contribution < -0.4 is 10.5 Å². The van der Waals surface area contributed by atoms with E-state index in [2.05, 4.69) is 21.1 Å². The number of rotatable bonds is 4. The van der Waals surface area contributed by atoms with E-state index in [0.29, 0.717) is 13.0 Å². The number of aromatic nitrogens is 1. The number of halogens is 1. The smallest absolute Gasteiger partial charge is 0.138 e. The molecule has 0 radical (unpaired) electrons. The molecule has 0 unspecified atom stereocenters. The fraction of sp³-hybridized carbons (Fsp3) is 0.250. The summed E-state index contributed by atoms with van der Waals surface area (Å²) in [6.07, 6.45) is 0.689. The van der Waals surface area contributed by atoms with Crippen LogP contribution in [0.5, 0.6) is 5.75 Å². The minimum absolute atomic E-state index is 0.550. The number of nitrogens with two attached hydrogens (primary N) is 1. The van der Waals surface area contributed by atoms with Gasteiger partial charge in [-0.3, -0.25) is 0 Å². The molecule has 0 amide bonds. The van der Waals surface area contributed by atoms with Crippen molar-refractivity contribution in [2.45, 2.75) is 6.42 Å². The molecule has 17 heavy (non-hydrogen) atoms. The van der Waals surface area contributed by atoms with Gasteiger partial charge in [-0.2, -0.15) is 0 Å². The zero-order chi connectivity index (χ0) is 12.3. The molecular formula is C12H13BrN2O2. The van der Waals surface area contributed by atoms with Crippen molar-refractivity contribution in [3.63, 3.8) is 0 Å². The van der Waals surface area contributed by atoms with Crippen molar-refractivity contribution in [3.8, 4) is 17.0 Å². The molecule has 0 saturated carbocycles. The molecule has 0 aliphatic rings. The van der Waals surface area contributed by atoms with Crippen LogP contribution in [-0.2, 0) is 6.42 Å². The second-order valence-electron chi connectivity index (χ2n) is 3.56. The lowest BCUT2D eigenvalue weighted by atomic mass is 10.1. The number of nitrogens with zero attached hydrogens (tertiary/aromatic N) is 1. The van der Waals surface area contributed by atoms with Gasteiger partial charge in [-0.1, -0.05) is 21.1 Å². The highest BCUT2D eigenvalue weighted by Gasteiger charge is 2.10. The van der Waals surface area contributed by atoms with Crippen LogP contribution in [-0.4, -0.2) is 18.8 Å². The van der Waals surface area contributed by atoms with Crippen LogP contribution in [0.15, 0.2) is 33.3 Å². The Morgan fingerprint density at radius 1 is 1.41 bits per heavy atom. The summed E-state index contributed by atoms with van der Waals surface area (Å²) in [5, 5.41) is 4.03. The third-order valence-electron chi connectivity index (χ3n) is 2.40. The third-order valence-corrected chi connectivity index (χ3v) is 3.09. The highest BCUT2D eigenvalue weighted by molar-refractivity contribution is 9.10. The second kappa shape index (κ2) is 5.33. The molecule has 0 bridgehead atoms. The molecule has 1 heterocycles. The van der Waals surface area contributed by atoms with Crippen molar-refractivity contribution in [1.82, 2.24) is 5.16 Å². The average molecular weight is 297 g/mol. The number of methoxy groups -OCH3 is 1. The lowest BCUT2D eigenvalue weighted by molar-refractivity contribution is 0.386. The van der Waals surface area contributed by atoms with Crippen molar-refractivity contribution in [2.24, 2.45) is 5.73 Å². The molecule has 2 aromatic rings. The first kappa shape index (κ1) is 12.1. The van der Waals surface area contributed by atoms with Crippen LogP contribution >= 0.6 is 15.9 Å². The number of benzene rings is 1. The van der Waals surface area contributed by atoms with Gasteiger partial charge < -0.3 is 15.0 Å². The van der Waals surface area contributed by atoms with Crippen molar-refractivity contribution in [2.75, 3.05) is 13.7 Å². The Morgan fingerprint density at radius 3 is 2.94 bits per heavy atom. The van der Waals surface area contributed by atoms with E-state index in [1.54, 1.807) is 7.11 Å². The van der Waals surface area contributed by atoms with E-state index in [-0.39, 0.29) is 0 Å². The van der Waals surface area contributed by atoms with Crippen LogP contribution in [0.1, 0.15) is 5.76 Å². The summed E-state index contributed by atoms with van der Waals surface area (Å²) in [5.74, 6) is 1.57. The van der Waals surface area contributed by atoms with E-state index in [9.17, 15) is 0 Å². The summed E-state index contributed by atoms with van der Waals surface area (Å²) in [6, 6.07) is 7.61. The normalized spacial score (nSPS) is 10.5. The molecule has 2 N–H and O–H groups in total. The standard InChI is InChI=1S/C12H13BrN2O2/c1-16-8-2-3-11(13)10(6-8)12-7-9(4-5-14)17-15-12/h2-3,6-7H,4-5,14H2,1H3. The zero-order valence-corrected chi connectivity index (χ0v) is 11.0. The summed E-state index contributed by atoms with van der Waals surface area (Å²) in [4.78, 5) is 0. The summed E-state index contributed by atoms with van der Waals surface area (Å²) >= 11 is 3.48. The van der Waals surface area contributed by atoms with Gasteiger partial charge in [0.25, 0.3) is 0 Å². The first-order valence-corrected chi connectivity index (χ1v) is 6.03. The molecule has 1 aromatic heterocycles. The Kier molecular flexibility index (Phi) is 3.81. The molecule has 5 heteroatoms. The third kappa shape index (κ3) is 2.68. The molecule has 2 rings (SSSR count). The van der Waals surface area contributed by atoms with Gasteiger partial charge in [0.2, 0.25) is 0 Å². The van der Waals surface area contributed by atoms with Crippen LogP contribution in [0.25, 0.3) is 11.3 Å². The summed E-state index contributed by atoms with van der Waals surface area (Å²) in [5.41, 5.74) is 7.19. The lowest BCUT2D eigenvalue weighted by Crippen LogP contribution is -2.01. The monoisotopic (exact) mass is 296 g/mol. The molecule has 0 aliphatic carbocycles. The van der Waals surface area contributed by atoms with Gasteiger partial charge in [0.05, 0.1) is 7.11 Å². The SMILES string of the molecule is COc1ccc(Br)c(-c2cc(CCN)on2)c1. The van der Waals surface area contributed by atoms with E-state index in [4.69, 9.17) is 15.0 Å². The van der Waals surface area contributed by atoms with E-state index >= 15 is 0 Å². The van der Waals surface area contributed by atoms with Gasteiger partial charge in [0.1, 0.15) is 17.2 Å². The average Bonchev–Trinajstić information content (AvgIpc) is 2.79. The Labute approximate surface area is 108 Å². The molecule has 1 aromatic carbocycles. The minimum atomic E-state index is 0.550. The van der Waals surface area contributed by atoms with Crippen LogP contribution in [0, 0.1) is 0 Å². The highest BCUT2D eigenvalue weighted by atomic mass is 79.9. The fourth-order valence-corrected chi connectivity index (χ4v) is 1.98. The summed E-state index contributed by atoms with van der Waals surface area (Å²) in [7, 11) is 1.63. The molecule has 90 valence electrons. The van der Waals surface area contributed by atoms with Crippen LogP contribution in [0.3, 0.4) is 0 Å². The molecule has 0 spiro atoms. The summed E-state index contributed by atoms with van der Waals surface area (Å²) in [6.45, 7) is 0.550. The number of ether oxygens (including phenoxy) is 1. The predicted octanol–water partition coefficient (Wildman–Crippen LogP) is 2.61. The Hall–Kier alpha value is -1.33. The van der Waals surface area contributed by atoms with Gasteiger partial charge in [-0.25, -0.2) is 0 Å². The van der Waals surface area contributed by atoms with Crippen molar-refractivity contribution >= 4 is 15.9 Å². The first-order chi connectivity index (χ1) is 8.24. The molecule has 0 aliphatic heterocycles. The van der Waals surface area contributed by atoms with Crippen LogP contribution in [0.2, 0.25) is 0 Å². The molecule has 0 fully saturated rings. The maximum atomic E-state index is 5.47. The molecular weight excluding hydrogens is 284 g/mol. The van der Waals surface area contributed by atoms with E-state index < -0.39 is 0 Å². The van der Waals surface area contributed by atoms with Crippen molar-refractivity contribution in [1.29, 1.82) is 0 Å². The maximum absolute atomic E-state index is 5.47. The molecule has 0 atom stereocenters. The van der Waals surface area contributed by atoms with Crippen LogP contribution in [0.4, 0.5) is 0 Å². The van der Waals surface area contributed by atoms with Gasteiger partial charge in [0, 0.05) is 22.5 Å². The Morgan fingerprint density at radius 2 is 2.24 bits per heavy atom. The highest BCUT2D eigenvalue weighted by Crippen LogP contribution is 2.31. The van der Waals surface area contributed by atoms with Gasteiger partial charge in [-0.05, 0) is 24.7 Å². The maximum Gasteiger partial charge on any atom is 0.138 e. The van der Waals surface area contributed by atoms with Crippen molar-refractivity contribution < 1.29 is 9.26 Å². The second-order valence-corrected chi connectivity index (χ2v) is 4.42. The summed E-state index contributed by atoms with van der Waals surface area (Å²) < 4.78 is 11.3. The van der Waals surface area contributed by atoms with Gasteiger partial charge in [-0.15, -0.1) is 0 Å².